The Morgan fingerprint density at radius 3 is 2.13 bits per heavy atom. The molecule has 1 atom stereocenters. The van der Waals surface area contributed by atoms with Gasteiger partial charge in [0.1, 0.15) is 0 Å². The molecule has 1 aliphatic heterocycles. The van der Waals surface area contributed by atoms with Crippen molar-refractivity contribution in [1.29, 1.82) is 0 Å². The Morgan fingerprint density at radius 2 is 1.53 bits per heavy atom. The number of rotatable bonds is 2. The SMILES string of the molecule is C[Si](C)(C1CCCCC1)C1CCCCO1. The zero-order valence-corrected chi connectivity index (χ0v) is 11.4. The lowest BCUT2D eigenvalue weighted by Gasteiger charge is -2.42. The van der Waals surface area contributed by atoms with E-state index in [1.165, 1.54) is 51.4 Å². The van der Waals surface area contributed by atoms with Gasteiger partial charge in [-0.25, -0.2) is 0 Å². The second kappa shape index (κ2) is 5.01. The molecule has 88 valence electrons. The minimum atomic E-state index is -1.12. The number of ether oxygens (including phenoxy) is 1. The van der Waals surface area contributed by atoms with Crippen LogP contribution in [0, 0.1) is 0 Å². The summed E-state index contributed by atoms with van der Waals surface area (Å²) >= 11 is 0. The Labute approximate surface area is 95.6 Å². The van der Waals surface area contributed by atoms with E-state index in [2.05, 4.69) is 13.1 Å². The van der Waals surface area contributed by atoms with Gasteiger partial charge in [0.15, 0.2) is 0 Å². The Morgan fingerprint density at radius 1 is 0.867 bits per heavy atom. The van der Waals surface area contributed by atoms with Crippen molar-refractivity contribution in [2.45, 2.75) is 75.7 Å². The van der Waals surface area contributed by atoms with E-state index < -0.39 is 8.07 Å². The van der Waals surface area contributed by atoms with E-state index in [4.69, 9.17) is 4.74 Å². The first-order valence-electron chi connectivity index (χ1n) is 6.83. The van der Waals surface area contributed by atoms with Crippen LogP contribution in [0.2, 0.25) is 18.6 Å². The summed E-state index contributed by atoms with van der Waals surface area (Å²) in [6, 6.07) is 0. The molecule has 0 bridgehead atoms. The van der Waals surface area contributed by atoms with Crippen LogP contribution in [-0.2, 0) is 4.74 Å². The van der Waals surface area contributed by atoms with Crippen LogP contribution >= 0.6 is 0 Å². The van der Waals surface area contributed by atoms with E-state index in [9.17, 15) is 0 Å². The normalized spacial score (nSPS) is 30.4. The number of hydrogen-bond donors (Lipinski definition) is 0. The van der Waals surface area contributed by atoms with Gasteiger partial charge in [0.2, 0.25) is 0 Å². The summed E-state index contributed by atoms with van der Waals surface area (Å²) in [5.74, 6) is 0. The van der Waals surface area contributed by atoms with Crippen molar-refractivity contribution in [3.8, 4) is 0 Å². The molecule has 0 radical (unpaired) electrons. The van der Waals surface area contributed by atoms with Crippen LogP contribution in [0.3, 0.4) is 0 Å². The van der Waals surface area contributed by atoms with Gasteiger partial charge in [-0.15, -0.1) is 0 Å². The predicted molar refractivity (Wildman–Crippen MR) is 67.9 cm³/mol. The van der Waals surface area contributed by atoms with Gasteiger partial charge >= 0.3 is 0 Å². The summed E-state index contributed by atoms with van der Waals surface area (Å²) in [6.07, 6.45) is 11.5. The molecular formula is C13H26OSi. The standard InChI is InChI=1S/C13H26OSi/c1-15(2,12-8-4-3-5-9-12)13-10-6-7-11-14-13/h12-13H,3-11H2,1-2H3. The van der Waals surface area contributed by atoms with E-state index in [0.29, 0.717) is 5.73 Å². The first kappa shape index (κ1) is 11.7. The lowest BCUT2D eigenvalue weighted by Crippen LogP contribution is -2.49. The largest absolute Gasteiger partial charge is 0.382 e. The summed E-state index contributed by atoms with van der Waals surface area (Å²) in [6.45, 7) is 6.20. The molecule has 0 amide bonds. The van der Waals surface area contributed by atoms with Crippen LogP contribution in [0.25, 0.3) is 0 Å². The second-order valence-corrected chi connectivity index (χ2v) is 11.1. The molecule has 1 saturated heterocycles. The fourth-order valence-corrected chi connectivity index (χ4v) is 7.35. The van der Waals surface area contributed by atoms with Crippen LogP contribution in [0.15, 0.2) is 0 Å². The molecule has 0 N–H and O–H groups in total. The molecule has 0 aromatic rings. The first-order valence-corrected chi connectivity index (χ1v) is 9.98. The van der Waals surface area contributed by atoms with E-state index in [-0.39, 0.29) is 0 Å². The van der Waals surface area contributed by atoms with Crippen molar-refractivity contribution < 1.29 is 4.74 Å². The molecule has 2 rings (SSSR count). The van der Waals surface area contributed by atoms with Crippen LogP contribution in [0.5, 0.6) is 0 Å². The molecule has 2 heteroatoms. The monoisotopic (exact) mass is 226 g/mol. The molecule has 2 fully saturated rings. The lowest BCUT2D eigenvalue weighted by molar-refractivity contribution is 0.0582. The average Bonchev–Trinajstić information content (AvgIpc) is 2.31. The van der Waals surface area contributed by atoms with Gasteiger partial charge in [0, 0.05) is 12.3 Å². The molecule has 1 heterocycles. The molecule has 0 aromatic heterocycles. The van der Waals surface area contributed by atoms with Gasteiger partial charge in [-0.3, -0.25) is 0 Å². The molecule has 15 heavy (non-hydrogen) atoms. The van der Waals surface area contributed by atoms with Crippen molar-refractivity contribution in [3.05, 3.63) is 0 Å². The van der Waals surface area contributed by atoms with Gasteiger partial charge in [0.05, 0.1) is 8.07 Å². The van der Waals surface area contributed by atoms with Crippen LogP contribution in [0.4, 0.5) is 0 Å². The Bertz CT molecular complexity index is 171. The third-order valence-electron chi connectivity index (χ3n) is 4.67. The Hall–Kier alpha value is 0.177. The summed E-state index contributed by atoms with van der Waals surface area (Å²) in [4.78, 5) is 0. The maximum absolute atomic E-state index is 6.06. The van der Waals surface area contributed by atoms with Crippen molar-refractivity contribution in [1.82, 2.24) is 0 Å². The maximum Gasteiger partial charge on any atom is 0.0846 e. The lowest BCUT2D eigenvalue weighted by atomic mass is 10.0. The third kappa shape index (κ3) is 2.65. The molecule has 2 aliphatic rings. The molecule has 1 saturated carbocycles. The van der Waals surface area contributed by atoms with Gasteiger partial charge in [-0.1, -0.05) is 45.2 Å². The maximum atomic E-state index is 6.06. The summed E-state index contributed by atoms with van der Waals surface area (Å²) in [7, 11) is -1.12. The summed E-state index contributed by atoms with van der Waals surface area (Å²) in [5, 5.41) is 0. The minimum absolute atomic E-state index is 0.675. The minimum Gasteiger partial charge on any atom is -0.382 e. The smallest absolute Gasteiger partial charge is 0.0846 e. The second-order valence-electron chi connectivity index (χ2n) is 6.01. The van der Waals surface area contributed by atoms with Crippen LogP contribution in [-0.4, -0.2) is 20.4 Å². The quantitative estimate of drug-likeness (QED) is 0.643. The molecule has 1 aliphatic carbocycles. The molecule has 0 spiro atoms. The summed E-state index contributed by atoms with van der Waals surface area (Å²) < 4.78 is 6.06. The Balaban J connectivity index is 1.96. The highest BCUT2D eigenvalue weighted by molar-refractivity contribution is 6.80. The van der Waals surface area contributed by atoms with E-state index in [0.717, 1.165) is 12.1 Å². The highest BCUT2D eigenvalue weighted by Gasteiger charge is 2.40. The molecule has 1 unspecified atom stereocenters. The fraction of sp³-hybridized carbons (Fsp3) is 1.00. The van der Waals surface area contributed by atoms with Gasteiger partial charge in [-0.05, 0) is 24.8 Å². The molecule has 0 aromatic carbocycles. The Kier molecular flexibility index (Phi) is 3.89. The number of hydrogen-bond acceptors (Lipinski definition) is 1. The zero-order chi connectivity index (χ0) is 10.7. The molecule has 1 nitrogen and oxygen atoms in total. The predicted octanol–water partition coefficient (Wildman–Crippen LogP) is 4.14. The first-order chi connectivity index (χ1) is 7.21. The zero-order valence-electron chi connectivity index (χ0n) is 10.4. The molecular weight excluding hydrogens is 200 g/mol. The van der Waals surface area contributed by atoms with Crippen molar-refractivity contribution in [3.63, 3.8) is 0 Å². The highest BCUT2D eigenvalue weighted by Crippen LogP contribution is 2.41. The van der Waals surface area contributed by atoms with Crippen molar-refractivity contribution in [2.75, 3.05) is 6.61 Å². The van der Waals surface area contributed by atoms with Gasteiger partial charge in [0.25, 0.3) is 0 Å². The fourth-order valence-electron chi connectivity index (χ4n) is 3.44. The van der Waals surface area contributed by atoms with E-state index in [1.807, 2.05) is 0 Å². The highest BCUT2D eigenvalue weighted by atomic mass is 28.3. The third-order valence-corrected chi connectivity index (χ3v) is 9.46. The van der Waals surface area contributed by atoms with Crippen molar-refractivity contribution in [2.24, 2.45) is 0 Å². The van der Waals surface area contributed by atoms with Crippen LogP contribution < -0.4 is 0 Å². The van der Waals surface area contributed by atoms with Crippen molar-refractivity contribution >= 4 is 8.07 Å². The summed E-state index contributed by atoms with van der Waals surface area (Å²) in [5.41, 5.74) is 1.73. The van der Waals surface area contributed by atoms with Gasteiger partial charge in [-0.2, -0.15) is 0 Å². The van der Waals surface area contributed by atoms with E-state index in [1.54, 1.807) is 0 Å². The van der Waals surface area contributed by atoms with Gasteiger partial charge < -0.3 is 4.74 Å². The van der Waals surface area contributed by atoms with E-state index >= 15 is 0 Å². The topological polar surface area (TPSA) is 9.23 Å². The van der Waals surface area contributed by atoms with Crippen LogP contribution in [0.1, 0.15) is 51.4 Å². The average molecular weight is 226 g/mol.